The van der Waals surface area contributed by atoms with Crippen LogP contribution in [0.4, 0.5) is 0 Å². The maximum atomic E-state index is 13.6. The van der Waals surface area contributed by atoms with Gasteiger partial charge in [-0.25, -0.2) is 9.78 Å². The molecule has 0 saturated carbocycles. The van der Waals surface area contributed by atoms with Gasteiger partial charge in [-0.1, -0.05) is 6.92 Å². The first-order chi connectivity index (χ1) is 20.5. The van der Waals surface area contributed by atoms with Crippen LogP contribution in [0.25, 0.3) is 22.3 Å². The second-order valence-electron chi connectivity index (χ2n) is 10.9. The van der Waals surface area contributed by atoms with Gasteiger partial charge in [-0.05, 0) is 64.2 Å². The molecule has 1 atom stereocenters. The number of carbonyl (C=O) groups is 2. The van der Waals surface area contributed by atoms with Gasteiger partial charge in [-0.3, -0.25) is 14.2 Å². The predicted octanol–water partition coefficient (Wildman–Crippen LogP) is 3.14. The Morgan fingerprint density at radius 3 is 2.53 bits per heavy atom. The molecule has 0 fully saturated rings. The van der Waals surface area contributed by atoms with Crippen molar-refractivity contribution in [3.63, 3.8) is 0 Å². The Morgan fingerprint density at radius 2 is 1.88 bits per heavy atom. The van der Waals surface area contributed by atoms with Crippen LogP contribution >= 0.6 is 7.60 Å². The van der Waals surface area contributed by atoms with Crippen molar-refractivity contribution in [2.24, 2.45) is 0 Å². The highest BCUT2D eigenvalue weighted by Crippen LogP contribution is 2.47. The van der Waals surface area contributed by atoms with Crippen LogP contribution in [0, 0.1) is 0 Å². The number of benzene rings is 1. The fraction of sp³-hybridized carbons (Fsp3) is 0.467. The second-order valence-corrected chi connectivity index (χ2v) is 13.1. The first-order valence-electron chi connectivity index (χ1n) is 14.4. The number of nitrogens with one attached hydrogen (secondary N) is 1. The minimum Gasteiger partial charge on any atom is -0.458 e. The number of aromatic nitrogens is 2. The summed E-state index contributed by atoms with van der Waals surface area (Å²) in [4.78, 5) is 46.2. The van der Waals surface area contributed by atoms with E-state index in [2.05, 4.69) is 5.32 Å². The summed E-state index contributed by atoms with van der Waals surface area (Å²) in [5.41, 5.74) is 2.19. The molecular formula is C30H37N4O8P. The molecule has 1 aromatic carbocycles. The van der Waals surface area contributed by atoms with E-state index in [9.17, 15) is 24.1 Å². The highest BCUT2D eigenvalue weighted by molar-refractivity contribution is 7.53. The molecule has 0 aliphatic carbocycles. The molecule has 0 radical (unpaired) electrons. The van der Waals surface area contributed by atoms with Crippen molar-refractivity contribution < 1.29 is 33.0 Å². The first kappa shape index (κ1) is 31.0. The third-order valence-electron chi connectivity index (χ3n) is 7.87. The van der Waals surface area contributed by atoms with Gasteiger partial charge in [0.05, 0.1) is 48.4 Å². The normalized spacial score (nSPS) is 17.5. The number of hydrogen-bond donors (Lipinski definition) is 2. The van der Waals surface area contributed by atoms with E-state index in [0.717, 1.165) is 16.5 Å². The Kier molecular flexibility index (Phi) is 8.61. The van der Waals surface area contributed by atoms with Crippen LogP contribution in [-0.4, -0.2) is 71.4 Å². The smallest absolute Gasteiger partial charge is 0.343 e. The standard InChI is InChI=1S/C30H37N4O8P/c1-6-30(38)23-14-25-26-21(16-34(25)28(36)22(23)17-40-29(30)37)20(15-33(4)5)19-13-18(9-10-24(19)32-26)27(35)31-11-12-43(39,41-7-2)42-8-3/h9-10,13-14,38H,6-8,11-12,15-17H2,1-5H3,(H,31,35)/t30-/m0/s1. The lowest BCUT2D eigenvalue weighted by Crippen LogP contribution is -2.44. The molecule has 2 aliphatic heterocycles. The van der Waals surface area contributed by atoms with E-state index < -0.39 is 19.2 Å². The summed E-state index contributed by atoms with van der Waals surface area (Å²) in [6, 6.07) is 6.90. The Bertz CT molecular complexity index is 1710. The summed E-state index contributed by atoms with van der Waals surface area (Å²) in [7, 11) is 0.570. The van der Waals surface area contributed by atoms with Gasteiger partial charge in [-0.15, -0.1) is 0 Å². The summed E-state index contributed by atoms with van der Waals surface area (Å²) >= 11 is 0. The van der Waals surface area contributed by atoms with Crippen LogP contribution in [0.5, 0.6) is 0 Å². The van der Waals surface area contributed by atoms with Crippen LogP contribution in [0.15, 0.2) is 29.1 Å². The average molecular weight is 613 g/mol. The van der Waals surface area contributed by atoms with E-state index >= 15 is 0 Å². The van der Waals surface area contributed by atoms with E-state index in [1.807, 2.05) is 19.0 Å². The molecule has 3 aromatic rings. The fourth-order valence-corrected chi connectivity index (χ4v) is 7.27. The van der Waals surface area contributed by atoms with Crippen LogP contribution in [-0.2, 0) is 48.4 Å². The number of aliphatic hydroxyl groups is 1. The summed E-state index contributed by atoms with van der Waals surface area (Å²) < 4.78 is 30.2. The monoisotopic (exact) mass is 612 g/mol. The van der Waals surface area contributed by atoms with Crippen molar-refractivity contribution in [3.05, 3.63) is 62.4 Å². The quantitative estimate of drug-likeness (QED) is 0.191. The minimum absolute atomic E-state index is 0.0513. The molecule has 2 aliphatic rings. The Balaban J connectivity index is 1.54. The van der Waals surface area contributed by atoms with Crippen LogP contribution in [0.2, 0.25) is 0 Å². The van der Waals surface area contributed by atoms with Gasteiger partial charge in [0.15, 0.2) is 5.60 Å². The first-order valence-corrected chi connectivity index (χ1v) is 16.1. The van der Waals surface area contributed by atoms with Crippen LogP contribution in [0.1, 0.15) is 59.8 Å². The van der Waals surface area contributed by atoms with E-state index in [1.54, 1.807) is 49.6 Å². The van der Waals surface area contributed by atoms with Gasteiger partial charge in [0.25, 0.3) is 11.5 Å². The van der Waals surface area contributed by atoms with Crippen molar-refractivity contribution in [2.75, 3.05) is 40.0 Å². The molecule has 0 spiro atoms. The summed E-state index contributed by atoms with van der Waals surface area (Å²) in [6.07, 6.45) is 0.112. The van der Waals surface area contributed by atoms with Crippen LogP contribution in [0.3, 0.4) is 0 Å². The van der Waals surface area contributed by atoms with Gasteiger partial charge in [0, 0.05) is 35.2 Å². The summed E-state index contributed by atoms with van der Waals surface area (Å²) in [5.74, 6) is -1.11. The van der Waals surface area contributed by atoms with E-state index in [0.29, 0.717) is 29.0 Å². The topological polar surface area (TPSA) is 149 Å². The second kappa shape index (κ2) is 11.9. The van der Waals surface area contributed by atoms with Gasteiger partial charge in [0.1, 0.15) is 6.61 Å². The number of carbonyl (C=O) groups excluding carboxylic acids is 2. The number of rotatable bonds is 11. The molecule has 2 aromatic heterocycles. The number of nitrogens with zero attached hydrogens (tertiary/aromatic N) is 3. The van der Waals surface area contributed by atoms with Gasteiger partial charge >= 0.3 is 13.6 Å². The van der Waals surface area contributed by atoms with Crippen molar-refractivity contribution in [1.29, 1.82) is 0 Å². The highest BCUT2D eigenvalue weighted by atomic mass is 31.2. The predicted molar refractivity (Wildman–Crippen MR) is 160 cm³/mol. The number of hydrogen-bond acceptors (Lipinski definition) is 10. The zero-order chi connectivity index (χ0) is 31.1. The largest absolute Gasteiger partial charge is 0.458 e. The number of amides is 1. The molecule has 0 saturated heterocycles. The van der Waals surface area contributed by atoms with Gasteiger partial charge in [-0.2, -0.15) is 0 Å². The fourth-order valence-electron chi connectivity index (χ4n) is 5.77. The van der Waals surface area contributed by atoms with Crippen LogP contribution < -0.4 is 10.9 Å². The Hall–Kier alpha value is -3.41. The van der Waals surface area contributed by atoms with E-state index in [-0.39, 0.29) is 68.1 Å². The molecule has 12 nitrogen and oxygen atoms in total. The van der Waals surface area contributed by atoms with Gasteiger partial charge < -0.3 is 33.7 Å². The molecule has 2 N–H and O–H groups in total. The maximum Gasteiger partial charge on any atom is 0.343 e. The number of esters is 1. The SMILES string of the molecule is CCOP(=O)(CCNC(=O)c1ccc2nc3c(c(CN(C)C)c2c1)Cn1c-3cc2c(c1=O)COC(=O)[C@]2(O)CC)OCC. The Labute approximate surface area is 249 Å². The molecule has 230 valence electrons. The third-order valence-corrected chi connectivity index (χ3v) is 9.94. The molecule has 1 amide bonds. The molecule has 4 heterocycles. The molecule has 13 heteroatoms. The third kappa shape index (κ3) is 5.54. The minimum atomic E-state index is -3.29. The Morgan fingerprint density at radius 1 is 1.16 bits per heavy atom. The maximum absolute atomic E-state index is 13.6. The number of fused-ring (bicyclic) bond motifs is 5. The average Bonchev–Trinajstić information content (AvgIpc) is 3.33. The molecular weight excluding hydrogens is 575 g/mol. The van der Waals surface area contributed by atoms with Crippen molar-refractivity contribution >= 4 is 30.4 Å². The van der Waals surface area contributed by atoms with Crippen molar-refractivity contribution in [2.45, 2.75) is 52.5 Å². The lowest BCUT2D eigenvalue weighted by Gasteiger charge is -2.31. The molecule has 43 heavy (non-hydrogen) atoms. The number of ether oxygens (including phenoxy) is 1. The summed E-state index contributed by atoms with van der Waals surface area (Å²) in [6.45, 7) is 6.30. The number of cyclic esters (lactones) is 1. The zero-order valence-electron chi connectivity index (χ0n) is 25.1. The van der Waals surface area contributed by atoms with Crippen molar-refractivity contribution in [1.82, 2.24) is 19.8 Å². The van der Waals surface area contributed by atoms with Gasteiger partial charge in [0.2, 0.25) is 0 Å². The van der Waals surface area contributed by atoms with E-state index in [4.69, 9.17) is 18.8 Å². The highest BCUT2D eigenvalue weighted by Gasteiger charge is 2.45. The summed E-state index contributed by atoms with van der Waals surface area (Å²) in [5, 5.41) is 14.7. The molecule has 0 unspecified atom stereocenters. The zero-order valence-corrected chi connectivity index (χ0v) is 26.0. The molecule has 5 rings (SSSR count). The lowest BCUT2D eigenvalue weighted by atomic mass is 9.86. The van der Waals surface area contributed by atoms with Crippen molar-refractivity contribution in [3.8, 4) is 11.4 Å². The molecule has 0 bridgehead atoms. The lowest BCUT2D eigenvalue weighted by molar-refractivity contribution is -0.172. The van der Waals surface area contributed by atoms with E-state index in [1.165, 1.54) is 0 Å². The number of pyridine rings is 2.